The second kappa shape index (κ2) is 13.2. The number of hydrogen-bond acceptors (Lipinski definition) is 0. The summed E-state index contributed by atoms with van der Waals surface area (Å²) in [6.07, 6.45) is 14.2. The Balaban J connectivity index is 0.00000176. The normalized spacial score (nSPS) is 26.0. The molecule has 4 saturated carbocycles. The van der Waals surface area contributed by atoms with Crippen molar-refractivity contribution in [1.29, 1.82) is 0 Å². The van der Waals surface area contributed by atoms with Gasteiger partial charge in [0.25, 0.3) is 0 Å². The summed E-state index contributed by atoms with van der Waals surface area (Å²) in [5.41, 5.74) is 12.8. The smallest absolute Gasteiger partial charge is 1.00 e. The number of allylic oxidation sites excluding steroid dienone is 4. The topological polar surface area (TPSA) is 0 Å². The van der Waals surface area contributed by atoms with Gasteiger partial charge in [-0.05, 0) is 0 Å². The fourth-order valence-corrected chi connectivity index (χ4v) is 19.9. The summed E-state index contributed by atoms with van der Waals surface area (Å²) in [4.78, 5) is 0. The monoisotopic (exact) mass is 732 g/mol. The molecule has 0 heterocycles. The van der Waals surface area contributed by atoms with Crippen LogP contribution >= 0.6 is 0 Å². The maximum Gasteiger partial charge on any atom is -1.00 e. The van der Waals surface area contributed by atoms with E-state index in [1.54, 1.807) is 23.2 Å². The molecular formula is C44H44Cl2Zr. The van der Waals surface area contributed by atoms with E-state index in [1.807, 2.05) is 3.28 Å². The molecule has 1 unspecified atom stereocenters. The number of rotatable bonds is 6. The minimum absolute atomic E-state index is 0. The molecule has 238 valence electrons. The standard InChI is InChI=1S/C18H25.C13H9.C13H10.2ClH.Zr/c1-12-3-13(2)17(4-12)11-18-8-14-5-15(9-18)7-16(6-14)10-18;1-3-7-12-10(5-1)9-11-6-2-4-8-13(11)12;1-3-7-12(8-4-1)11-13-9-5-2-6-10-13;;;/h4,12,14-16H,5-11H2,1-2H3;1-5,7-8H,9H2;1-10H;2*1H;/q;;;;;+2/p-2. The summed E-state index contributed by atoms with van der Waals surface area (Å²) in [7, 11) is 0. The van der Waals surface area contributed by atoms with Crippen LogP contribution in [-0.2, 0) is 27.7 Å². The fraction of sp³-hybridized carbons (Fsp3) is 0.341. The predicted molar refractivity (Wildman–Crippen MR) is 186 cm³/mol. The Morgan fingerprint density at radius 3 is 1.85 bits per heavy atom. The third-order valence-electron chi connectivity index (χ3n) is 12.3. The zero-order chi connectivity index (χ0) is 30.1. The van der Waals surface area contributed by atoms with Crippen LogP contribution in [0.5, 0.6) is 0 Å². The number of halogens is 2. The van der Waals surface area contributed by atoms with Crippen LogP contribution in [0.1, 0.15) is 81.0 Å². The number of benzene rings is 4. The van der Waals surface area contributed by atoms with Gasteiger partial charge in [-0.2, -0.15) is 0 Å². The van der Waals surface area contributed by atoms with E-state index in [9.17, 15) is 0 Å². The van der Waals surface area contributed by atoms with E-state index in [4.69, 9.17) is 0 Å². The van der Waals surface area contributed by atoms with E-state index in [0.29, 0.717) is 11.3 Å². The van der Waals surface area contributed by atoms with Crippen LogP contribution in [0.4, 0.5) is 0 Å². The Morgan fingerprint density at radius 1 is 0.681 bits per heavy atom. The average Bonchev–Trinajstić information content (AvgIpc) is 3.56. The van der Waals surface area contributed by atoms with E-state index in [0.717, 1.165) is 24.2 Å². The van der Waals surface area contributed by atoms with Crippen molar-refractivity contribution >= 4 is 6.48 Å². The molecule has 0 saturated heterocycles. The van der Waals surface area contributed by atoms with Gasteiger partial charge < -0.3 is 24.8 Å². The maximum absolute atomic E-state index is 2.76. The largest absolute Gasteiger partial charge is 1.00 e. The zero-order valence-corrected chi connectivity index (χ0v) is 31.6. The quantitative estimate of drug-likeness (QED) is 0.245. The Hall–Kier alpha value is -2.31. The van der Waals surface area contributed by atoms with Gasteiger partial charge in [0.1, 0.15) is 0 Å². The zero-order valence-electron chi connectivity index (χ0n) is 27.6. The van der Waals surface area contributed by atoms with Gasteiger partial charge in [-0.25, -0.2) is 0 Å². The van der Waals surface area contributed by atoms with E-state index >= 15 is 0 Å². The van der Waals surface area contributed by atoms with Crippen LogP contribution < -0.4 is 28.1 Å². The van der Waals surface area contributed by atoms with E-state index in [2.05, 4.69) is 123 Å². The number of fused-ring (bicyclic) bond motifs is 3. The van der Waals surface area contributed by atoms with Crippen LogP contribution in [0.15, 0.2) is 124 Å². The van der Waals surface area contributed by atoms with Gasteiger partial charge in [0.05, 0.1) is 0 Å². The molecule has 3 heteroatoms. The second-order valence-corrected chi connectivity index (χ2v) is 21.0. The Morgan fingerprint density at radius 2 is 1.23 bits per heavy atom. The molecule has 4 aromatic rings. The summed E-state index contributed by atoms with van der Waals surface area (Å²) in [5.74, 6) is 3.53. The van der Waals surface area contributed by atoms with Gasteiger partial charge in [-0.3, -0.25) is 0 Å². The van der Waals surface area contributed by atoms with Crippen molar-refractivity contribution in [3.8, 4) is 11.1 Å². The molecule has 4 aromatic carbocycles. The van der Waals surface area contributed by atoms with Gasteiger partial charge in [0, 0.05) is 0 Å². The van der Waals surface area contributed by atoms with E-state index in [1.165, 1.54) is 72.8 Å². The summed E-state index contributed by atoms with van der Waals surface area (Å²) >= 11 is -2.76. The summed E-state index contributed by atoms with van der Waals surface area (Å²) < 4.78 is 5.16. The molecule has 1 atom stereocenters. The maximum atomic E-state index is 2.75. The average molecular weight is 735 g/mol. The van der Waals surface area contributed by atoms with E-state index in [-0.39, 0.29) is 24.8 Å². The molecule has 0 amide bonds. The van der Waals surface area contributed by atoms with Gasteiger partial charge in [-0.1, -0.05) is 0 Å². The molecule has 4 fully saturated rings. The molecule has 6 aliphatic rings. The molecule has 0 nitrogen and oxygen atoms in total. The summed E-state index contributed by atoms with van der Waals surface area (Å²) in [6.45, 7) is 5.08. The van der Waals surface area contributed by atoms with Gasteiger partial charge in [0.15, 0.2) is 0 Å². The molecule has 0 aliphatic heterocycles. The first-order valence-electron chi connectivity index (χ1n) is 17.5. The third-order valence-corrected chi connectivity index (χ3v) is 20.8. The fourth-order valence-electron chi connectivity index (χ4n) is 11.0. The first kappa shape index (κ1) is 33.2. The molecule has 0 N–H and O–H groups in total. The third kappa shape index (κ3) is 5.77. The molecule has 4 bridgehead atoms. The van der Waals surface area contributed by atoms with Gasteiger partial charge >= 0.3 is 279 Å². The van der Waals surface area contributed by atoms with Crippen molar-refractivity contribution in [2.75, 3.05) is 0 Å². The molecular weight excluding hydrogens is 691 g/mol. The van der Waals surface area contributed by atoms with Crippen LogP contribution in [0.3, 0.4) is 0 Å². The first-order valence-corrected chi connectivity index (χ1v) is 21.2. The Labute approximate surface area is 301 Å². The van der Waals surface area contributed by atoms with Crippen molar-refractivity contribution < 1.29 is 46.1 Å². The van der Waals surface area contributed by atoms with Gasteiger partial charge in [-0.15, -0.1) is 0 Å². The van der Waals surface area contributed by atoms with Crippen LogP contribution in [0.25, 0.3) is 11.1 Å². The van der Waals surface area contributed by atoms with Crippen LogP contribution in [-0.4, -0.2) is 3.21 Å². The minimum atomic E-state index is -2.76. The summed E-state index contributed by atoms with van der Waals surface area (Å²) in [6, 6.07) is 39.4. The first-order chi connectivity index (χ1) is 22.1. The SMILES string of the molecule is CC1=[C]([Zr+2](=[C](c2ccccc2)c2ccccc2)[c]2cccc3c2Cc2ccccc2-3)C(C)C=C1CC12CC3CC(CC(C3)C1)C2.[Cl-].[Cl-]. The predicted octanol–water partition coefficient (Wildman–Crippen LogP) is 4.23. The molecule has 6 aliphatic carbocycles. The second-order valence-electron chi connectivity index (χ2n) is 15.3. The van der Waals surface area contributed by atoms with Crippen molar-refractivity contribution in [2.45, 2.75) is 65.2 Å². The van der Waals surface area contributed by atoms with Gasteiger partial charge in [0.2, 0.25) is 0 Å². The van der Waals surface area contributed by atoms with E-state index < -0.39 is 21.3 Å². The summed E-state index contributed by atoms with van der Waals surface area (Å²) in [5, 5.41) is 0. The van der Waals surface area contributed by atoms with Crippen molar-refractivity contribution in [3.05, 3.63) is 146 Å². The van der Waals surface area contributed by atoms with Crippen molar-refractivity contribution in [2.24, 2.45) is 29.1 Å². The number of hydrogen-bond donors (Lipinski definition) is 0. The molecule has 47 heavy (non-hydrogen) atoms. The van der Waals surface area contributed by atoms with Crippen LogP contribution in [0, 0.1) is 29.1 Å². The minimum Gasteiger partial charge on any atom is -1.00 e. The van der Waals surface area contributed by atoms with Crippen LogP contribution in [0.2, 0.25) is 0 Å². The Kier molecular flexibility index (Phi) is 9.32. The molecule has 0 aromatic heterocycles. The Bertz CT molecular complexity index is 1820. The van der Waals surface area contributed by atoms with Crippen molar-refractivity contribution in [3.63, 3.8) is 0 Å². The van der Waals surface area contributed by atoms with Crippen molar-refractivity contribution in [1.82, 2.24) is 0 Å². The molecule has 0 radical (unpaired) electrons. The molecule has 0 spiro atoms. The molecule has 10 rings (SSSR count).